The van der Waals surface area contributed by atoms with E-state index >= 15 is 0 Å². The van der Waals surface area contributed by atoms with Gasteiger partial charge in [0.05, 0.1) is 37.9 Å². The lowest BCUT2D eigenvalue weighted by atomic mass is 9.38. The molecule has 0 amide bonds. The average Bonchev–Trinajstić information content (AvgIpc) is 3.41. The second kappa shape index (κ2) is 12.1. The minimum atomic E-state index is -2.36. The number of ketones is 1. The summed E-state index contributed by atoms with van der Waals surface area (Å²) in [6, 6.07) is 7.80. The van der Waals surface area contributed by atoms with Crippen LogP contribution in [-0.4, -0.2) is 135 Å². The molecular formula is C34H40O16. The SMILES string of the molecule is COC(=O)C12OC[C@]34C([C@@H](O)[C@@H]1O)[C@@]1(C)C=C(O[C@@H]5O[C@H](CO)[C@@H](O)[C@H](O)[C@H]5O)C(=O)[C@@H](C)[C@@H]1C[C@H]3OC(=O)[C@H](OC(=O)c1ccccc1)[C@@H]24. The van der Waals surface area contributed by atoms with Crippen LogP contribution in [-0.2, 0) is 42.8 Å². The van der Waals surface area contributed by atoms with Crippen LogP contribution >= 0.6 is 0 Å². The molecule has 16 heteroatoms. The molecule has 0 aromatic heterocycles. The van der Waals surface area contributed by atoms with Gasteiger partial charge in [-0.1, -0.05) is 32.0 Å². The van der Waals surface area contributed by atoms with E-state index in [4.69, 9.17) is 28.4 Å². The average molecular weight is 705 g/mol. The number of rotatable bonds is 6. The lowest BCUT2D eigenvalue weighted by Gasteiger charge is -2.67. The number of esters is 3. The van der Waals surface area contributed by atoms with Gasteiger partial charge in [0.25, 0.3) is 0 Å². The summed E-state index contributed by atoms with van der Waals surface area (Å²) >= 11 is 0. The Bertz CT molecular complexity index is 1600. The van der Waals surface area contributed by atoms with Crippen LogP contribution in [0.5, 0.6) is 0 Å². The summed E-state index contributed by atoms with van der Waals surface area (Å²) in [5.41, 5.74) is -5.04. The number of Topliss-reactive ketones (excluding diaryl/α,β-unsaturated/α-hetero) is 1. The van der Waals surface area contributed by atoms with Crippen molar-refractivity contribution in [3.8, 4) is 0 Å². The maximum absolute atomic E-state index is 13.8. The first-order valence-corrected chi connectivity index (χ1v) is 16.5. The van der Waals surface area contributed by atoms with E-state index in [9.17, 15) is 49.8 Å². The van der Waals surface area contributed by atoms with Crippen molar-refractivity contribution < 1.29 is 78.2 Å². The van der Waals surface area contributed by atoms with Crippen molar-refractivity contribution in [3.05, 3.63) is 47.7 Å². The van der Waals surface area contributed by atoms with Gasteiger partial charge in [-0.2, -0.15) is 0 Å². The first-order valence-electron chi connectivity index (χ1n) is 16.5. The van der Waals surface area contributed by atoms with E-state index in [1.165, 1.54) is 18.2 Å². The number of aliphatic hydroxyl groups excluding tert-OH is 6. The third-order valence-electron chi connectivity index (χ3n) is 12.2. The molecule has 16 nitrogen and oxygen atoms in total. The van der Waals surface area contributed by atoms with Gasteiger partial charge < -0.3 is 59.1 Å². The van der Waals surface area contributed by atoms with Gasteiger partial charge in [0.1, 0.15) is 36.6 Å². The molecule has 0 radical (unpaired) electrons. The highest BCUT2D eigenvalue weighted by Crippen LogP contribution is 2.72. The van der Waals surface area contributed by atoms with Crippen LogP contribution in [0.2, 0.25) is 0 Å². The van der Waals surface area contributed by atoms with Crippen molar-refractivity contribution in [3.63, 3.8) is 0 Å². The minimum Gasteiger partial charge on any atom is -0.467 e. The summed E-state index contributed by atoms with van der Waals surface area (Å²) in [6.07, 6.45) is -13.5. The van der Waals surface area contributed by atoms with Crippen LogP contribution in [0.4, 0.5) is 0 Å². The maximum atomic E-state index is 13.8. The predicted molar refractivity (Wildman–Crippen MR) is 161 cm³/mol. The van der Waals surface area contributed by atoms with E-state index in [1.807, 2.05) is 0 Å². The molecule has 5 fully saturated rings. The van der Waals surface area contributed by atoms with Crippen molar-refractivity contribution in [2.75, 3.05) is 20.3 Å². The molecule has 6 N–H and O–H groups in total. The fourth-order valence-corrected chi connectivity index (χ4v) is 9.93. The van der Waals surface area contributed by atoms with Gasteiger partial charge in [0.2, 0.25) is 18.0 Å². The number of carbonyl (C=O) groups excluding carboxylic acids is 4. The molecule has 3 heterocycles. The third kappa shape index (κ3) is 4.52. The minimum absolute atomic E-state index is 0.0365. The highest BCUT2D eigenvalue weighted by Gasteiger charge is 2.85. The lowest BCUT2D eigenvalue weighted by Crippen LogP contribution is -2.79. The molecule has 1 spiro atoms. The Balaban J connectivity index is 1.34. The van der Waals surface area contributed by atoms with Crippen molar-refractivity contribution in [2.45, 2.75) is 81.0 Å². The Morgan fingerprint density at radius 1 is 0.980 bits per heavy atom. The number of benzene rings is 1. The first kappa shape index (κ1) is 34.9. The summed E-state index contributed by atoms with van der Waals surface area (Å²) in [5.74, 6) is -7.95. The highest BCUT2D eigenvalue weighted by atomic mass is 16.7. The van der Waals surface area contributed by atoms with Crippen molar-refractivity contribution in [1.29, 1.82) is 0 Å². The number of fused-ring (bicyclic) bond motifs is 2. The Labute approximate surface area is 285 Å². The Kier molecular flexibility index (Phi) is 8.42. The fraction of sp³-hybridized carbons (Fsp3) is 0.647. The second-order valence-corrected chi connectivity index (χ2v) is 14.4. The zero-order chi connectivity index (χ0) is 36.1. The molecule has 272 valence electrons. The molecule has 7 rings (SSSR count). The number of ether oxygens (including phenoxy) is 6. The van der Waals surface area contributed by atoms with E-state index in [0.717, 1.165) is 7.11 Å². The summed E-state index contributed by atoms with van der Waals surface area (Å²) in [5, 5.41) is 64.9. The molecule has 3 aliphatic heterocycles. The zero-order valence-corrected chi connectivity index (χ0v) is 27.4. The van der Waals surface area contributed by atoms with Gasteiger partial charge in [0.15, 0.2) is 11.5 Å². The van der Waals surface area contributed by atoms with Gasteiger partial charge >= 0.3 is 17.9 Å². The lowest BCUT2D eigenvalue weighted by molar-refractivity contribution is -0.295. The molecule has 2 bridgehead atoms. The number of carbonyl (C=O) groups is 4. The molecule has 6 aliphatic rings. The summed E-state index contributed by atoms with van der Waals surface area (Å²) in [4.78, 5) is 54.7. The molecule has 2 unspecified atom stereocenters. The number of hydrogen-bond acceptors (Lipinski definition) is 16. The third-order valence-corrected chi connectivity index (χ3v) is 12.2. The maximum Gasteiger partial charge on any atom is 0.348 e. The number of aliphatic hydroxyl groups is 6. The van der Waals surface area contributed by atoms with Crippen LogP contribution < -0.4 is 0 Å². The van der Waals surface area contributed by atoms with E-state index in [1.54, 1.807) is 32.0 Å². The summed E-state index contributed by atoms with van der Waals surface area (Å²) in [7, 11) is 1.05. The molecule has 1 aromatic carbocycles. The fourth-order valence-electron chi connectivity index (χ4n) is 9.93. The highest BCUT2D eigenvalue weighted by molar-refractivity contribution is 5.97. The van der Waals surface area contributed by atoms with Crippen LogP contribution in [0.15, 0.2) is 42.2 Å². The normalized spacial score (nSPS) is 47.6. The van der Waals surface area contributed by atoms with E-state index in [2.05, 4.69) is 0 Å². The smallest absolute Gasteiger partial charge is 0.348 e. The van der Waals surface area contributed by atoms with Gasteiger partial charge in [-0.15, -0.1) is 0 Å². The first-order chi connectivity index (χ1) is 23.7. The Morgan fingerprint density at radius 3 is 2.34 bits per heavy atom. The molecule has 3 aliphatic carbocycles. The largest absolute Gasteiger partial charge is 0.467 e. The van der Waals surface area contributed by atoms with Crippen molar-refractivity contribution in [2.24, 2.45) is 34.5 Å². The van der Waals surface area contributed by atoms with Gasteiger partial charge in [0, 0.05) is 17.3 Å². The van der Waals surface area contributed by atoms with Crippen LogP contribution in [0, 0.1) is 34.5 Å². The molecule has 1 aromatic rings. The topological polar surface area (TPSA) is 245 Å². The summed E-state index contributed by atoms with van der Waals surface area (Å²) < 4.78 is 34.4. The molecule has 3 saturated heterocycles. The van der Waals surface area contributed by atoms with Crippen LogP contribution in [0.25, 0.3) is 0 Å². The predicted octanol–water partition coefficient (Wildman–Crippen LogP) is -2.02. The van der Waals surface area contributed by atoms with E-state index < -0.39 is 126 Å². The standard InChI is InChI=1S/C34H40O16/c1-13-15-9-18-33-12-46-34(31(44)45-3,26(33)24(29(43)49-18)50-28(42)14-7-5-4-6-8-14)27(41)23(40)25(33)32(15,2)10-16(19(13)36)47-30-22(39)21(38)20(37)17(11-35)48-30/h4-8,10,13,15,17-18,20-27,30,35,37-41H,9,11-12H2,1-3H3/t13-,15-,17+,18+,20+,21-,22+,23+,24+,25?,26+,27-,30+,32-,33+,34?/m0/s1. The molecule has 50 heavy (non-hydrogen) atoms. The second-order valence-electron chi connectivity index (χ2n) is 14.4. The number of methoxy groups -OCH3 is 1. The number of allylic oxidation sites excluding steroid dienone is 2. The molecule has 16 atom stereocenters. The molecular weight excluding hydrogens is 664 g/mol. The van der Waals surface area contributed by atoms with Gasteiger partial charge in [-0.05, 0) is 36.0 Å². The van der Waals surface area contributed by atoms with Crippen LogP contribution in [0.1, 0.15) is 30.6 Å². The van der Waals surface area contributed by atoms with Crippen molar-refractivity contribution in [1.82, 2.24) is 0 Å². The quantitative estimate of drug-likeness (QED) is 0.138. The Morgan fingerprint density at radius 2 is 1.68 bits per heavy atom. The van der Waals surface area contributed by atoms with Crippen molar-refractivity contribution >= 4 is 23.7 Å². The number of hydrogen-bond donors (Lipinski definition) is 6. The van der Waals surface area contributed by atoms with Gasteiger partial charge in [-0.3, -0.25) is 4.79 Å². The Hall–Kier alpha value is -3.48. The zero-order valence-electron chi connectivity index (χ0n) is 27.4. The molecule has 2 saturated carbocycles. The van der Waals surface area contributed by atoms with E-state index in [-0.39, 0.29) is 24.4 Å². The van der Waals surface area contributed by atoms with E-state index in [0.29, 0.717) is 0 Å². The van der Waals surface area contributed by atoms with Gasteiger partial charge in [-0.25, -0.2) is 14.4 Å². The monoisotopic (exact) mass is 704 g/mol. The summed E-state index contributed by atoms with van der Waals surface area (Å²) in [6.45, 7) is 2.24. The van der Waals surface area contributed by atoms with Crippen LogP contribution in [0.3, 0.4) is 0 Å².